The average Bonchev–Trinajstić information content (AvgIpc) is 1.87. The van der Waals surface area contributed by atoms with Crippen molar-refractivity contribution in [2.45, 2.75) is 0 Å². The first-order valence-corrected chi connectivity index (χ1v) is 3.43. The molecular formula is C6H13N2NaO3. The van der Waals surface area contributed by atoms with Crippen LogP contribution in [0, 0.1) is 0 Å². The first kappa shape index (κ1) is 14.9. The maximum Gasteiger partial charge on any atom is 1.00 e. The Bertz CT molecular complexity index is 117. The predicted octanol–water partition coefficient (Wildman–Crippen LogP) is -6.01. The van der Waals surface area contributed by atoms with Gasteiger partial charge in [0, 0.05) is 26.2 Å². The topological polar surface area (TPSA) is 89.6 Å². The van der Waals surface area contributed by atoms with Crippen LogP contribution in [0.2, 0.25) is 0 Å². The molecule has 0 heterocycles. The summed E-state index contributed by atoms with van der Waals surface area (Å²) < 4.78 is 0. The third-order valence-corrected chi connectivity index (χ3v) is 1.21. The van der Waals surface area contributed by atoms with Crippen molar-refractivity contribution < 1.29 is 44.6 Å². The van der Waals surface area contributed by atoms with E-state index in [1.165, 1.54) is 4.90 Å². The van der Waals surface area contributed by atoms with Gasteiger partial charge in [-0.05, 0) is 0 Å². The van der Waals surface area contributed by atoms with Crippen LogP contribution >= 0.6 is 0 Å². The summed E-state index contributed by atoms with van der Waals surface area (Å²) in [4.78, 5) is 11.6. The number of carbonyl (C=O) groups is 1. The summed E-state index contributed by atoms with van der Waals surface area (Å²) in [5.41, 5.74) is 5.20. The molecule has 0 radical (unpaired) electrons. The van der Waals surface area contributed by atoms with Gasteiger partial charge in [0.1, 0.15) is 0 Å². The Hall–Kier alpha value is 0.350. The van der Waals surface area contributed by atoms with Crippen molar-refractivity contribution in [1.82, 2.24) is 4.90 Å². The number of hydrogen-bond acceptors (Lipinski definition) is 5. The Kier molecular flexibility index (Phi) is 11.7. The predicted molar refractivity (Wildman–Crippen MR) is 37.6 cm³/mol. The number of carboxylic acid groups (broad SMARTS) is 1. The molecule has 0 unspecified atom stereocenters. The van der Waals surface area contributed by atoms with Crippen LogP contribution in [0.25, 0.3) is 0 Å². The molecule has 0 saturated heterocycles. The third kappa shape index (κ3) is 8.45. The number of carboxylic acids is 1. The van der Waals surface area contributed by atoms with E-state index < -0.39 is 5.97 Å². The van der Waals surface area contributed by atoms with E-state index in [-0.39, 0.29) is 42.7 Å². The summed E-state index contributed by atoms with van der Waals surface area (Å²) in [7, 11) is 0. The van der Waals surface area contributed by atoms with Gasteiger partial charge < -0.3 is 20.7 Å². The van der Waals surface area contributed by atoms with Gasteiger partial charge in [0.25, 0.3) is 0 Å². The van der Waals surface area contributed by atoms with Gasteiger partial charge in [0.05, 0.1) is 12.6 Å². The zero-order chi connectivity index (χ0) is 8.69. The second kappa shape index (κ2) is 9.44. The smallest absolute Gasteiger partial charge is 0.549 e. The number of hydrogen-bond donors (Lipinski definition) is 2. The number of nitrogens with zero attached hydrogens (tertiary/aromatic N) is 1. The van der Waals surface area contributed by atoms with Gasteiger partial charge in [0.2, 0.25) is 0 Å². The van der Waals surface area contributed by atoms with Crippen molar-refractivity contribution in [3.63, 3.8) is 0 Å². The first-order valence-electron chi connectivity index (χ1n) is 3.43. The SMILES string of the molecule is NCCN(CCO)CC(=O)[O-].[Na+]. The van der Waals surface area contributed by atoms with Crippen LogP contribution in [0.5, 0.6) is 0 Å². The van der Waals surface area contributed by atoms with Crippen LogP contribution < -0.4 is 40.4 Å². The Morgan fingerprint density at radius 3 is 2.42 bits per heavy atom. The summed E-state index contributed by atoms with van der Waals surface area (Å²) in [6.45, 7) is 0.942. The van der Waals surface area contributed by atoms with Crippen molar-refractivity contribution in [1.29, 1.82) is 0 Å². The molecule has 0 saturated carbocycles. The molecule has 12 heavy (non-hydrogen) atoms. The first-order chi connectivity index (χ1) is 5.20. The molecule has 0 rings (SSSR count). The van der Waals surface area contributed by atoms with Gasteiger partial charge in [-0.3, -0.25) is 4.90 Å². The molecule has 0 aromatic rings. The van der Waals surface area contributed by atoms with Gasteiger partial charge in [0.15, 0.2) is 0 Å². The molecule has 0 atom stereocenters. The molecule has 66 valence electrons. The third-order valence-electron chi connectivity index (χ3n) is 1.21. The maximum atomic E-state index is 10.1. The summed E-state index contributed by atoms with van der Waals surface area (Å²) >= 11 is 0. The number of aliphatic hydroxyl groups excluding tert-OH is 1. The van der Waals surface area contributed by atoms with Gasteiger partial charge in [-0.1, -0.05) is 0 Å². The number of aliphatic hydroxyl groups is 1. The van der Waals surface area contributed by atoms with E-state index in [4.69, 9.17) is 10.8 Å². The van der Waals surface area contributed by atoms with E-state index in [0.29, 0.717) is 19.6 Å². The minimum absolute atomic E-state index is 0. The van der Waals surface area contributed by atoms with Crippen molar-refractivity contribution in [2.24, 2.45) is 5.73 Å². The Morgan fingerprint density at radius 2 is 2.08 bits per heavy atom. The number of nitrogens with two attached hydrogens (primary N) is 1. The van der Waals surface area contributed by atoms with E-state index in [9.17, 15) is 9.90 Å². The van der Waals surface area contributed by atoms with E-state index in [1.807, 2.05) is 0 Å². The number of aliphatic carboxylic acids is 1. The summed E-state index contributed by atoms with van der Waals surface area (Å²) in [5, 5.41) is 18.6. The molecule has 0 aromatic heterocycles. The van der Waals surface area contributed by atoms with E-state index >= 15 is 0 Å². The molecule has 0 aliphatic heterocycles. The quantitative estimate of drug-likeness (QED) is 0.401. The van der Waals surface area contributed by atoms with Crippen LogP contribution in [-0.4, -0.2) is 48.8 Å². The van der Waals surface area contributed by atoms with Crippen molar-refractivity contribution in [3.8, 4) is 0 Å². The molecular weight excluding hydrogens is 171 g/mol. The van der Waals surface area contributed by atoms with Gasteiger partial charge in [-0.2, -0.15) is 0 Å². The molecule has 6 heteroatoms. The Balaban J connectivity index is 0. The van der Waals surface area contributed by atoms with Crippen LogP contribution in [0.4, 0.5) is 0 Å². The monoisotopic (exact) mass is 184 g/mol. The fraction of sp³-hybridized carbons (Fsp3) is 0.833. The zero-order valence-corrected chi connectivity index (χ0v) is 9.32. The summed E-state index contributed by atoms with van der Waals surface area (Å²) in [5.74, 6) is -1.15. The molecule has 3 N–H and O–H groups in total. The van der Waals surface area contributed by atoms with Crippen LogP contribution in [0.3, 0.4) is 0 Å². The average molecular weight is 184 g/mol. The summed E-state index contributed by atoms with van der Waals surface area (Å²) in [6.07, 6.45) is 0. The molecule has 5 nitrogen and oxygen atoms in total. The molecule has 0 fully saturated rings. The van der Waals surface area contributed by atoms with Crippen molar-refractivity contribution >= 4 is 5.97 Å². The molecule has 0 aliphatic rings. The normalized spacial score (nSPS) is 9.58. The van der Waals surface area contributed by atoms with Crippen LogP contribution in [-0.2, 0) is 4.79 Å². The molecule has 0 amide bonds. The molecule has 0 spiro atoms. The van der Waals surface area contributed by atoms with E-state index in [2.05, 4.69) is 0 Å². The zero-order valence-electron chi connectivity index (χ0n) is 7.32. The van der Waals surface area contributed by atoms with Crippen LogP contribution in [0.1, 0.15) is 0 Å². The fourth-order valence-corrected chi connectivity index (χ4v) is 0.776. The minimum Gasteiger partial charge on any atom is -0.549 e. The van der Waals surface area contributed by atoms with Crippen LogP contribution in [0.15, 0.2) is 0 Å². The second-order valence-corrected chi connectivity index (χ2v) is 2.16. The Labute approximate surface area is 93.8 Å². The Morgan fingerprint density at radius 1 is 1.50 bits per heavy atom. The van der Waals surface area contributed by atoms with Gasteiger partial charge >= 0.3 is 29.6 Å². The molecule has 0 bridgehead atoms. The van der Waals surface area contributed by atoms with E-state index in [1.54, 1.807) is 0 Å². The molecule has 0 aromatic carbocycles. The van der Waals surface area contributed by atoms with Crippen molar-refractivity contribution in [2.75, 3.05) is 32.8 Å². The second-order valence-electron chi connectivity index (χ2n) is 2.16. The molecule has 0 aliphatic carbocycles. The van der Waals surface area contributed by atoms with E-state index in [0.717, 1.165) is 0 Å². The standard InChI is InChI=1S/C6H14N2O3.Na/c7-1-2-8(3-4-9)5-6(10)11;/h9H,1-5,7H2,(H,10,11);/q;+1/p-1. The van der Waals surface area contributed by atoms with Gasteiger partial charge in [-0.25, -0.2) is 0 Å². The number of carbonyl (C=O) groups excluding carboxylic acids is 1. The van der Waals surface area contributed by atoms with Crippen molar-refractivity contribution in [3.05, 3.63) is 0 Å². The maximum absolute atomic E-state index is 10.1. The largest absolute Gasteiger partial charge is 1.00 e. The minimum atomic E-state index is -1.15. The fourth-order valence-electron chi connectivity index (χ4n) is 0.776. The summed E-state index contributed by atoms with van der Waals surface area (Å²) in [6, 6.07) is 0. The van der Waals surface area contributed by atoms with Gasteiger partial charge in [-0.15, -0.1) is 0 Å². The number of rotatable bonds is 6.